The van der Waals surface area contributed by atoms with Gasteiger partial charge in [-0.3, -0.25) is 0 Å². The topological polar surface area (TPSA) is 13.1 Å². The van der Waals surface area contributed by atoms with E-state index in [0.717, 1.165) is 26.8 Å². The molecule has 0 bridgehead atoms. The fraction of sp³-hybridized carbons (Fsp3) is 0. The molecule has 0 N–H and O–H groups in total. The van der Waals surface area contributed by atoms with Crippen LogP contribution in [0.15, 0.2) is 99.8 Å². The number of hydrogen-bond acceptors (Lipinski definition) is 2. The van der Waals surface area contributed by atoms with Crippen molar-refractivity contribution in [1.29, 1.82) is 0 Å². The molecule has 0 saturated carbocycles. The number of para-hydroxylation sites is 1. The lowest BCUT2D eigenvalue weighted by Crippen LogP contribution is -1.82. The van der Waals surface area contributed by atoms with Gasteiger partial charge in [0.2, 0.25) is 0 Å². The Labute approximate surface area is 186 Å². The van der Waals surface area contributed by atoms with Crippen molar-refractivity contribution in [2.75, 3.05) is 0 Å². The van der Waals surface area contributed by atoms with Gasteiger partial charge in [-0.15, -0.1) is 11.3 Å². The Kier molecular flexibility index (Phi) is 3.03. The summed E-state index contributed by atoms with van der Waals surface area (Å²) in [6.45, 7) is 0. The Morgan fingerprint density at radius 3 is 2.45 bits per heavy atom. The monoisotopic (exact) mass is 458 g/mol. The third kappa shape index (κ3) is 2.73. The molecule has 1 nitrogen and oxygen atoms in total. The van der Waals surface area contributed by atoms with E-state index < -0.39 is 0 Å². The van der Waals surface area contributed by atoms with E-state index in [2.05, 4.69) is 34.1 Å². The number of thiophene rings is 1. The van der Waals surface area contributed by atoms with Crippen molar-refractivity contribution in [1.82, 2.24) is 0 Å². The summed E-state index contributed by atoms with van der Waals surface area (Å²) < 4.78 is 41.3. The maximum absolute atomic E-state index is 8.55. The molecule has 138 valence electrons. The number of benzene rings is 4. The maximum Gasteiger partial charge on any atom is 0.143 e. The van der Waals surface area contributed by atoms with Crippen molar-refractivity contribution in [2.45, 2.75) is 0 Å². The number of rotatable bonds is 2. The van der Waals surface area contributed by atoms with Gasteiger partial charge >= 0.3 is 0 Å². The lowest BCUT2D eigenvalue weighted by molar-refractivity contribution is 0.670. The molecule has 29 heavy (non-hydrogen) atoms. The van der Waals surface area contributed by atoms with Crippen molar-refractivity contribution < 1.29 is 9.90 Å². The molecule has 2 heterocycles. The Morgan fingerprint density at radius 1 is 0.828 bits per heavy atom. The van der Waals surface area contributed by atoms with Crippen LogP contribution >= 0.6 is 27.3 Å². The van der Waals surface area contributed by atoms with Crippen LogP contribution in [0, 0.1) is 0 Å². The SMILES string of the molecule is [2H]c1c([2H])c(-c2ccc(-c3cc4ccccc4s3)c3c2oc2ccccc23)c([2H])c([2H])c1Br. The molecule has 0 fully saturated rings. The molecule has 4 aromatic carbocycles. The van der Waals surface area contributed by atoms with Crippen molar-refractivity contribution in [3.63, 3.8) is 0 Å². The van der Waals surface area contributed by atoms with Crippen LogP contribution in [0.1, 0.15) is 5.48 Å². The first-order valence-electron chi connectivity index (χ1n) is 11.1. The first-order chi connectivity index (χ1) is 16.0. The molecule has 0 radical (unpaired) electrons. The Morgan fingerprint density at radius 2 is 1.59 bits per heavy atom. The molecule has 6 rings (SSSR count). The van der Waals surface area contributed by atoms with Gasteiger partial charge in [0.15, 0.2) is 0 Å². The smallest absolute Gasteiger partial charge is 0.143 e. The van der Waals surface area contributed by atoms with Crippen LogP contribution in [-0.4, -0.2) is 0 Å². The van der Waals surface area contributed by atoms with Gasteiger partial charge in [-0.25, -0.2) is 0 Å². The van der Waals surface area contributed by atoms with E-state index >= 15 is 0 Å². The highest BCUT2D eigenvalue weighted by atomic mass is 79.9. The minimum absolute atomic E-state index is 0.0979. The first kappa shape index (κ1) is 13.4. The second kappa shape index (κ2) is 6.58. The molecule has 0 saturated heterocycles. The molecule has 6 aromatic rings. The highest BCUT2D eigenvalue weighted by Gasteiger charge is 2.18. The summed E-state index contributed by atoms with van der Waals surface area (Å²) in [4.78, 5) is 1.11. The van der Waals surface area contributed by atoms with Crippen molar-refractivity contribution >= 4 is 59.3 Å². The maximum atomic E-state index is 8.55. The van der Waals surface area contributed by atoms with Gasteiger partial charge in [-0.2, -0.15) is 0 Å². The fourth-order valence-electron chi connectivity index (χ4n) is 3.78. The minimum Gasteiger partial charge on any atom is -0.455 e. The summed E-state index contributed by atoms with van der Waals surface area (Å²) in [6, 6.07) is 21.7. The normalized spacial score (nSPS) is 13.6. The molecule has 0 aliphatic carbocycles. The largest absolute Gasteiger partial charge is 0.455 e. The molecule has 3 heteroatoms. The van der Waals surface area contributed by atoms with Crippen LogP contribution < -0.4 is 0 Å². The summed E-state index contributed by atoms with van der Waals surface area (Å²) in [5, 5.41) is 3.04. The van der Waals surface area contributed by atoms with E-state index in [9.17, 15) is 0 Å². The summed E-state index contributed by atoms with van der Waals surface area (Å²) >= 11 is 4.90. The lowest BCUT2D eigenvalue weighted by Gasteiger charge is -2.07. The predicted molar refractivity (Wildman–Crippen MR) is 128 cm³/mol. The molecule has 0 atom stereocenters. The van der Waals surface area contributed by atoms with E-state index in [1.807, 2.05) is 48.5 Å². The minimum atomic E-state index is -0.108. The summed E-state index contributed by atoms with van der Waals surface area (Å²) in [5.41, 5.74) is 3.09. The van der Waals surface area contributed by atoms with Gasteiger partial charge in [-0.1, -0.05) is 70.5 Å². The van der Waals surface area contributed by atoms with Crippen molar-refractivity contribution in [3.8, 4) is 21.6 Å². The highest BCUT2D eigenvalue weighted by Crippen LogP contribution is 2.44. The Bertz CT molecular complexity index is 1670. The molecule has 0 amide bonds. The molecule has 0 spiro atoms. The molecular formula is C26H15BrOS. The second-order valence-corrected chi connectivity index (χ2v) is 8.68. The first-order valence-corrected chi connectivity index (χ1v) is 10.8. The molecule has 2 aromatic heterocycles. The highest BCUT2D eigenvalue weighted by molar-refractivity contribution is 9.10. The average Bonchev–Trinajstić information content (AvgIpc) is 3.44. The summed E-state index contributed by atoms with van der Waals surface area (Å²) in [6.07, 6.45) is 0. The second-order valence-electron chi connectivity index (χ2n) is 6.80. The van der Waals surface area contributed by atoms with E-state index in [-0.39, 0.29) is 34.2 Å². The standard InChI is InChI=1S/C26H15BrOS/c27-18-11-9-16(10-12-18)19-13-14-21(24-15-17-5-1-4-8-23(17)29-24)25-20-6-2-3-7-22(20)28-26(19)25/h1-15H/i9D,10D,11D,12D. The third-order valence-corrected chi connectivity index (χ3v) is 6.63. The molecule has 0 aliphatic heterocycles. The van der Waals surface area contributed by atoms with Crippen LogP contribution in [0.3, 0.4) is 0 Å². The van der Waals surface area contributed by atoms with Gasteiger partial charge in [-0.05, 0) is 47.3 Å². The fourth-order valence-corrected chi connectivity index (χ4v) is 5.07. The van der Waals surface area contributed by atoms with Crippen LogP contribution in [-0.2, 0) is 0 Å². The third-order valence-electron chi connectivity index (χ3n) is 5.08. The Balaban J connectivity index is 1.74. The van der Waals surface area contributed by atoms with Crippen LogP contribution in [0.25, 0.3) is 53.6 Å². The average molecular weight is 459 g/mol. The molecule has 0 unspecified atom stereocenters. The number of hydrogen-bond donors (Lipinski definition) is 0. The quantitative estimate of drug-likeness (QED) is 0.252. The number of halogens is 1. The summed E-state index contributed by atoms with van der Waals surface area (Å²) in [7, 11) is 0. The number of fused-ring (bicyclic) bond motifs is 4. The van der Waals surface area contributed by atoms with E-state index in [1.54, 1.807) is 11.3 Å². The lowest BCUT2D eigenvalue weighted by atomic mass is 9.97. The zero-order chi connectivity index (χ0) is 22.9. The summed E-state index contributed by atoms with van der Waals surface area (Å²) in [5.74, 6) is 0. The molecule has 0 aliphatic rings. The van der Waals surface area contributed by atoms with Gasteiger partial charge < -0.3 is 4.42 Å². The van der Waals surface area contributed by atoms with Crippen LogP contribution in [0.4, 0.5) is 0 Å². The van der Waals surface area contributed by atoms with E-state index in [0.29, 0.717) is 11.1 Å². The number of furan rings is 1. The van der Waals surface area contributed by atoms with Crippen molar-refractivity contribution in [3.05, 3.63) is 95.4 Å². The van der Waals surface area contributed by atoms with E-state index in [1.165, 1.54) is 10.1 Å². The van der Waals surface area contributed by atoms with Gasteiger partial charge in [0.05, 0.1) is 5.48 Å². The van der Waals surface area contributed by atoms with E-state index in [4.69, 9.17) is 9.90 Å². The predicted octanol–water partition coefficient (Wildman–Crippen LogP) is 8.90. The zero-order valence-corrected chi connectivity index (χ0v) is 17.4. The zero-order valence-electron chi connectivity index (χ0n) is 19.0. The molecular weight excluding hydrogens is 440 g/mol. The van der Waals surface area contributed by atoms with Gasteiger partial charge in [0.1, 0.15) is 11.2 Å². The van der Waals surface area contributed by atoms with Gasteiger partial charge in [0, 0.05) is 35.9 Å². The van der Waals surface area contributed by atoms with Crippen LogP contribution in [0.5, 0.6) is 0 Å². The van der Waals surface area contributed by atoms with Gasteiger partial charge in [0.25, 0.3) is 0 Å². The van der Waals surface area contributed by atoms with Crippen LogP contribution in [0.2, 0.25) is 0 Å². The Hall–Kier alpha value is -2.88. The van der Waals surface area contributed by atoms with Crippen molar-refractivity contribution in [2.24, 2.45) is 0 Å².